The summed E-state index contributed by atoms with van der Waals surface area (Å²) in [4.78, 5) is 4.69. The Labute approximate surface area is 194 Å². The maximum atomic E-state index is 12.8. The second-order valence-corrected chi connectivity index (χ2v) is 10.8. The van der Waals surface area contributed by atoms with Crippen LogP contribution in [0, 0.1) is 0 Å². The highest BCUT2D eigenvalue weighted by Crippen LogP contribution is 2.26. The number of sulfonamides is 1. The van der Waals surface area contributed by atoms with Crippen LogP contribution in [0.5, 0.6) is 5.88 Å². The first-order valence-electron chi connectivity index (χ1n) is 11.8. The molecule has 2 aliphatic carbocycles. The molecule has 2 aromatic heterocycles. The molecule has 0 atom stereocenters. The standard InChI is InChI=1S/C24H30N4O4S/c29-19-8-10-20(11-9-19)32-24-15-14-23-25-16-22(28(23)26-24)17-6-12-21(13-7-17)33(30,31)27-18-4-2-1-3-5-18/h6-7,12-16,18-20,27,29H,1-5,8-11H2/t19-,20-. The molecule has 0 saturated heterocycles. The highest BCUT2D eigenvalue weighted by molar-refractivity contribution is 7.89. The molecule has 3 aromatic rings. The summed E-state index contributed by atoms with van der Waals surface area (Å²) in [5.41, 5.74) is 2.27. The molecule has 176 valence electrons. The third-order valence-electron chi connectivity index (χ3n) is 6.66. The number of nitrogens with zero attached hydrogens (tertiary/aromatic N) is 3. The highest BCUT2D eigenvalue weighted by atomic mass is 32.2. The predicted molar refractivity (Wildman–Crippen MR) is 125 cm³/mol. The van der Waals surface area contributed by atoms with Gasteiger partial charge < -0.3 is 9.84 Å². The van der Waals surface area contributed by atoms with Crippen LogP contribution >= 0.6 is 0 Å². The summed E-state index contributed by atoms with van der Waals surface area (Å²) in [7, 11) is -3.54. The Balaban J connectivity index is 1.34. The fraction of sp³-hybridized carbons (Fsp3) is 0.500. The van der Waals surface area contributed by atoms with Gasteiger partial charge in [0.2, 0.25) is 15.9 Å². The molecule has 0 radical (unpaired) electrons. The van der Waals surface area contributed by atoms with Crippen molar-refractivity contribution in [2.24, 2.45) is 0 Å². The van der Waals surface area contributed by atoms with Crippen LogP contribution in [0.15, 0.2) is 47.5 Å². The lowest BCUT2D eigenvalue weighted by atomic mass is 9.95. The molecule has 0 amide bonds. The lowest BCUT2D eigenvalue weighted by Crippen LogP contribution is -2.36. The van der Waals surface area contributed by atoms with Crippen molar-refractivity contribution in [3.63, 3.8) is 0 Å². The average Bonchev–Trinajstić information content (AvgIpc) is 3.24. The predicted octanol–water partition coefficient (Wildman–Crippen LogP) is 3.69. The van der Waals surface area contributed by atoms with Gasteiger partial charge in [0.1, 0.15) is 6.10 Å². The molecule has 33 heavy (non-hydrogen) atoms. The number of fused-ring (bicyclic) bond motifs is 1. The van der Waals surface area contributed by atoms with Gasteiger partial charge in [-0.3, -0.25) is 0 Å². The van der Waals surface area contributed by atoms with Crippen molar-refractivity contribution in [1.82, 2.24) is 19.3 Å². The summed E-state index contributed by atoms with van der Waals surface area (Å²) in [5, 5.41) is 14.3. The zero-order chi connectivity index (χ0) is 22.8. The van der Waals surface area contributed by atoms with E-state index in [2.05, 4.69) is 14.8 Å². The number of rotatable bonds is 6. The van der Waals surface area contributed by atoms with E-state index in [4.69, 9.17) is 4.74 Å². The average molecular weight is 471 g/mol. The summed E-state index contributed by atoms with van der Waals surface area (Å²) >= 11 is 0. The second kappa shape index (κ2) is 9.40. The smallest absolute Gasteiger partial charge is 0.240 e. The van der Waals surface area contributed by atoms with Crippen LogP contribution in [0.2, 0.25) is 0 Å². The van der Waals surface area contributed by atoms with Crippen LogP contribution in [-0.4, -0.2) is 46.4 Å². The van der Waals surface area contributed by atoms with Gasteiger partial charge in [0, 0.05) is 17.7 Å². The van der Waals surface area contributed by atoms with Crippen LogP contribution in [0.3, 0.4) is 0 Å². The minimum Gasteiger partial charge on any atom is -0.473 e. The van der Waals surface area contributed by atoms with E-state index < -0.39 is 10.0 Å². The van der Waals surface area contributed by atoms with E-state index in [1.54, 1.807) is 35.0 Å². The number of aliphatic hydroxyl groups is 1. The summed E-state index contributed by atoms with van der Waals surface area (Å²) in [6.45, 7) is 0. The van der Waals surface area contributed by atoms with E-state index in [1.165, 1.54) is 6.42 Å². The Hall–Kier alpha value is -2.49. The topological polar surface area (TPSA) is 106 Å². The minimum atomic E-state index is -3.54. The van der Waals surface area contributed by atoms with Crippen LogP contribution in [-0.2, 0) is 10.0 Å². The quantitative estimate of drug-likeness (QED) is 0.569. The Morgan fingerprint density at radius 1 is 0.939 bits per heavy atom. The van der Waals surface area contributed by atoms with Gasteiger partial charge in [-0.25, -0.2) is 22.6 Å². The van der Waals surface area contributed by atoms with Gasteiger partial charge in [-0.1, -0.05) is 31.4 Å². The van der Waals surface area contributed by atoms with Gasteiger partial charge in [0.15, 0.2) is 5.65 Å². The van der Waals surface area contributed by atoms with E-state index in [1.807, 2.05) is 12.1 Å². The van der Waals surface area contributed by atoms with Gasteiger partial charge in [-0.05, 0) is 56.7 Å². The second-order valence-electron chi connectivity index (χ2n) is 9.11. The molecule has 1 aromatic carbocycles. The van der Waals surface area contributed by atoms with Gasteiger partial charge in [0.05, 0.1) is 22.9 Å². The van der Waals surface area contributed by atoms with Crippen molar-refractivity contribution in [2.75, 3.05) is 0 Å². The first-order chi connectivity index (χ1) is 16.0. The molecule has 0 spiro atoms. The molecule has 2 saturated carbocycles. The van der Waals surface area contributed by atoms with E-state index in [0.29, 0.717) is 11.5 Å². The molecule has 5 rings (SSSR count). The van der Waals surface area contributed by atoms with Gasteiger partial charge in [-0.2, -0.15) is 0 Å². The van der Waals surface area contributed by atoms with Crippen LogP contribution in [0.1, 0.15) is 57.8 Å². The number of nitrogens with one attached hydrogen (secondary N) is 1. The number of aromatic nitrogens is 3. The lowest BCUT2D eigenvalue weighted by Gasteiger charge is -2.25. The van der Waals surface area contributed by atoms with E-state index in [0.717, 1.165) is 62.6 Å². The molecule has 2 heterocycles. The minimum absolute atomic E-state index is 0.0252. The van der Waals surface area contributed by atoms with Crippen LogP contribution in [0.4, 0.5) is 0 Å². The fourth-order valence-electron chi connectivity index (χ4n) is 4.76. The number of aliphatic hydroxyl groups excluding tert-OH is 1. The molecule has 2 fully saturated rings. The largest absolute Gasteiger partial charge is 0.473 e. The molecule has 0 bridgehead atoms. The zero-order valence-electron chi connectivity index (χ0n) is 18.6. The van der Waals surface area contributed by atoms with E-state index in [9.17, 15) is 13.5 Å². The Kier molecular flexibility index (Phi) is 6.36. The maximum Gasteiger partial charge on any atom is 0.240 e. The molecule has 0 aliphatic heterocycles. The Morgan fingerprint density at radius 2 is 1.67 bits per heavy atom. The van der Waals surface area contributed by atoms with Crippen LogP contribution in [0.25, 0.3) is 16.9 Å². The Bertz CT molecular complexity index is 1190. The first kappa shape index (κ1) is 22.3. The fourth-order valence-corrected chi connectivity index (χ4v) is 6.07. The van der Waals surface area contributed by atoms with Crippen molar-refractivity contribution in [3.05, 3.63) is 42.6 Å². The lowest BCUT2D eigenvalue weighted by molar-refractivity contribution is 0.0637. The van der Waals surface area contributed by atoms with Crippen molar-refractivity contribution in [3.8, 4) is 17.1 Å². The monoisotopic (exact) mass is 470 g/mol. The van der Waals surface area contributed by atoms with E-state index in [-0.39, 0.29) is 23.1 Å². The maximum absolute atomic E-state index is 12.8. The summed E-state index contributed by atoms with van der Waals surface area (Å²) in [6.07, 6.45) is 9.77. The Morgan fingerprint density at radius 3 is 2.39 bits per heavy atom. The molecular weight excluding hydrogens is 440 g/mol. The molecule has 2 aliphatic rings. The van der Waals surface area contributed by atoms with Crippen molar-refractivity contribution in [2.45, 2.75) is 80.9 Å². The summed E-state index contributed by atoms with van der Waals surface area (Å²) in [5.74, 6) is 0.513. The highest BCUT2D eigenvalue weighted by Gasteiger charge is 2.23. The van der Waals surface area contributed by atoms with E-state index >= 15 is 0 Å². The van der Waals surface area contributed by atoms with Crippen molar-refractivity contribution >= 4 is 15.7 Å². The SMILES string of the molecule is O=S(=O)(NC1CCCCC1)c1ccc(-c2cnc3ccc(O[C@H]4CC[C@H](O)CC4)nn23)cc1. The molecule has 0 unspecified atom stereocenters. The number of benzene rings is 1. The van der Waals surface area contributed by atoms with Gasteiger partial charge in [0.25, 0.3) is 0 Å². The van der Waals surface area contributed by atoms with Gasteiger partial charge in [-0.15, -0.1) is 5.10 Å². The zero-order valence-corrected chi connectivity index (χ0v) is 19.4. The van der Waals surface area contributed by atoms with Crippen LogP contribution < -0.4 is 9.46 Å². The molecular formula is C24H30N4O4S. The normalized spacial score (nSPS) is 22.5. The summed E-state index contributed by atoms with van der Waals surface area (Å²) in [6, 6.07) is 10.5. The van der Waals surface area contributed by atoms with Crippen molar-refractivity contribution < 1.29 is 18.3 Å². The molecule has 8 nitrogen and oxygen atoms in total. The van der Waals surface area contributed by atoms with Gasteiger partial charge >= 0.3 is 0 Å². The third-order valence-corrected chi connectivity index (χ3v) is 8.19. The third kappa shape index (κ3) is 5.05. The summed E-state index contributed by atoms with van der Waals surface area (Å²) < 4.78 is 36.2. The number of imidazole rings is 1. The number of ether oxygens (including phenoxy) is 1. The molecule has 2 N–H and O–H groups in total. The first-order valence-corrected chi connectivity index (χ1v) is 13.3. The molecule has 9 heteroatoms. The van der Waals surface area contributed by atoms with Crippen molar-refractivity contribution in [1.29, 1.82) is 0 Å². The number of hydrogen-bond donors (Lipinski definition) is 2. The number of hydrogen-bond acceptors (Lipinski definition) is 6.